The summed E-state index contributed by atoms with van der Waals surface area (Å²) in [4.78, 5) is 22.3. The predicted molar refractivity (Wildman–Crippen MR) is 71.1 cm³/mol. The fourth-order valence-corrected chi connectivity index (χ4v) is 1.67. The van der Waals surface area contributed by atoms with Crippen molar-refractivity contribution in [2.45, 2.75) is 32.7 Å². The topological polar surface area (TPSA) is 58.2 Å². The van der Waals surface area contributed by atoms with Crippen molar-refractivity contribution in [3.63, 3.8) is 0 Å². The van der Waals surface area contributed by atoms with Crippen LogP contribution in [0.2, 0.25) is 0 Å². The van der Waals surface area contributed by atoms with Gasteiger partial charge in [-0.3, -0.25) is 9.59 Å². The van der Waals surface area contributed by atoms with Crippen LogP contribution >= 0.6 is 0 Å². The predicted octanol–water partition coefficient (Wildman–Crippen LogP) is 1.26. The minimum Gasteiger partial charge on any atom is -0.354 e. The summed E-state index contributed by atoms with van der Waals surface area (Å²) in [5.41, 5.74) is 1.27. The van der Waals surface area contributed by atoms with Crippen molar-refractivity contribution in [3.05, 3.63) is 35.9 Å². The number of carbonyl (C=O) groups excluding carboxylic acids is 2. The average Bonchev–Trinajstić information content (AvgIpc) is 2.34. The smallest absolute Gasteiger partial charge is 0.242 e. The number of amides is 2. The number of rotatable bonds is 6. The van der Waals surface area contributed by atoms with Crippen LogP contribution in [-0.2, 0) is 16.0 Å². The van der Waals surface area contributed by atoms with E-state index in [1.165, 1.54) is 12.5 Å². The standard InChI is InChI=1S/C14H20N2O2/c1-11(16-12(2)17)14(18)15-10-6-9-13-7-4-3-5-8-13/h3-5,7-8,11H,6,9-10H2,1-2H3,(H,15,18)(H,16,17)/t11-/m0/s1. The number of hydrogen-bond donors (Lipinski definition) is 2. The summed E-state index contributed by atoms with van der Waals surface area (Å²) in [6.07, 6.45) is 1.83. The lowest BCUT2D eigenvalue weighted by molar-refractivity contribution is -0.127. The maximum atomic E-state index is 11.6. The molecule has 0 aliphatic heterocycles. The van der Waals surface area contributed by atoms with Crippen molar-refractivity contribution < 1.29 is 9.59 Å². The van der Waals surface area contributed by atoms with Crippen LogP contribution in [0, 0.1) is 0 Å². The van der Waals surface area contributed by atoms with Crippen LogP contribution in [0.4, 0.5) is 0 Å². The maximum Gasteiger partial charge on any atom is 0.242 e. The zero-order valence-electron chi connectivity index (χ0n) is 10.9. The van der Waals surface area contributed by atoms with Crippen LogP contribution in [0.1, 0.15) is 25.8 Å². The van der Waals surface area contributed by atoms with Gasteiger partial charge in [0.05, 0.1) is 0 Å². The van der Waals surface area contributed by atoms with Crippen molar-refractivity contribution >= 4 is 11.8 Å². The Bertz CT molecular complexity index is 390. The van der Waals surface area contributed by atoms with Crippen LogP contribution in [0.3, 0.4) is 0 Å². The van der Waals surface area contributed by atoms with Gasteiger partial charge in [0.1, 0.15) is 6.04 Å². The van der Waals surface area contributed by atoms with Crippen LogP contribution < -0.4 is 10.6 Å². The molecule has 18 heavy (non-hydrogen) atoms. The number of benzene rings is 1. The first-order valence-electron chi connectivity index (χ1n) is 6.18. The van der Waals surface area contributed by atoms with Gasteiger partial charge < -0.3 is 10.6 Å². The third-order valence-electron chi connectivity index (χ3n) is 2.60. The van der Waals surface area contributed by atoms with E-state index >= 15 is 0 Å². The monoisotopic (exact) mass is 248 g/mol. The second-order valence-corrected chi connectivity index (χ2v) is 4.30. The highest BCUT2D eigenvalue weighted by Gasteiger charge is 2.12. The van der Waals surface area contributed by atoms with Crippen LogP contribution in [-0.4, -0.2) is 24.4 Å². The fraction of sp³-hybridized carbons (Fsp3) is 0.429. The molecule has 2 amide bonds. The normalized spacial score (nSPS) is 11.7. The van der Waals surface area contributed by atoms with Gasteiger partial charge >= 0.3 is 0 Å². The zero-order valence-corrected chi connectivity index (χ0v) is 10.9. The quantitative estimate of drug-likeness (QED) is 0.745. The highest BCUT2D eigenvalue weighted by Crippen LogP contribution is 2.01. The van der Waals surface area contributed by atoms with Crippen LogP contribution in [0.5, 0.6) is 0 Å². The largest absolute Gasteiger partial charge is 0.354 e. The highest BCUT2D eigenvalue weighted by molar-refractivity contribution is 5.86. The molecule has 0 saturated heterocycles. The third-order valence-corrected chi connectivity index (χ3v) is 2.60. The van der Waals surface area contributed by atoms with Crippen molar-refractivity contribution in [1.82, 2.24) is 10.6 Å². The second-order valence-electron chi connectivity index (χ2n) is 4.30. The van der Waals surface area contributed by atoms with E-state index in [-0.39, 0.29) is 11.8 Å². The Morgan fingerprint density at radius 2 is 1.89 bits per heavy atom. The number of carbonyl (C=O) groups is 2. The molecule has 0 aromatic heterocycles. The van der Waals surface area contributed by atoms with Gasteiger partial charge in [0.2, 0.25) is 11.8 Å². The molecule has 4 heteroatoms. The summed E-state index contributed by atoms with van der Waals surface area (Å²) in [5, 5.41) is 5.35. The summed E-state index contributed by atoms with van der Waals surface area (Å²) in [5.74, 6) is -0.333. The summed E-state index contributed by atoms with van der Waals surface area (Å²) >= 11 is 0. The maximum absolute atomic E-state index is 11.6. The van der Waals surface area contributed by atoms with E-state index < -0.39 is 6.04 Å². The van der Waals surface area contributed by atoms with Gasteiger partial charge in [0, 0.05) is 13.5 Å². The molecule has 0 fully saturated rings. The molecule has 0 unspecified atom stereocenters. The Balaban J connectivity index is 2.18. The molecule has 1 atom stereocenters. The highest BCUT2D eigenvalue weighted by atomic mass is 16.2. The van der Waals surface area contributed by atoms with Gasteiger partial charge in [0.15, 0.2) is 0 Å². The molecule has 0 aliphatic rings. The summed E-state index contributed by atoms with van der Waals surface area (Å²) < 4.78 is 0. The Labute approximate surface area is 108 Å². The average molecular weight is 248 g/mol. The van der Waals surface area contributed by atoms with E-state index in [9.17, 15) is 9.59 Å². The number of aryl methyl sites for hydroxylation is 1. The van der Waals surface area contributed by atoms with E-state index in [0.717, 1.165) is 12.8 Å². The van der Waals surface area contributed by atoms with Crippen molar-refractivity contribution in [2.75, 3.05) is 6.54 Å². The molecule has 0 heterocycles. The summed E-state index contributed by atoms with van der Waals surface area (Å²) in [6, 6.07) is 9.67. The first kappa shape index (κ1) is 14.2. The lowest BCUT2D eigenvalue weighted by Crippen LogP contribution is -2.44. The van der Waals surface area contributed by atoms with E-state index in [0.29, 0.717) is 6.54 Å². The molecule has 0 aliphatic carbocycles. The van der Waals surface area contributed by atoms with Gasteiger partial charge in [-0.1, -0.05) is 30.3 Å². The Morgan fingerprint density at radius 3 is 2.50 bits per heavy atom. The Kier molecular flexibility index (Phi) is 5.91. The van der Waals surface area contributed by atoms with Crippen LogP contribution in [0.25, 0.3) is 0 Å². The minimum atomic E-state index is -0.473. The summed E-state index contributed by atoms with van der Waals surface area (Å²) in [6.45, 7) is 3.70. The van der Waals surface area contributed by atoms with E-state index in [1.54, 1.807) is 6.92 Å². The minimum absolute atomic E-state index is 0.140. The SMILES string of the molecule is CC(=O)N[C@@H](C)C(=O)NCCCc1ccccc1. The molecule has 98 valence electrons. The Morgan fingerprint density at radius 1 is 1.22 bits per heavy atom. The first-order valence-corrected chi connectivity index (χ1v) is 6.18. The molecule has 1 aromatic rings. The number of nitrogens with one attached hydrogen (secondary N) is 2. The lowest BCUT2D eigenvalue weighted by atomic mass is 10.1. The summed E-state index contributed by atoms with van der Waals surface area (Å²) in [7, 11) is 0. The Hall–Kier alpha value is -1.84. The molecule has 0 saturated carbocycles. The second kappa shape index (κ2) is 7.48. The van der Waals surface area contributed by atoms with Crippen molar-refractivity contribution in [1.29, 1.82) is 0 Å². The molecule has 1 aromatic carbocycles. The van der Waals surface area contributed by atoms with Gasteiger partial charge in [-0.05, 0) is 25.3 Å². The van der Waals surface area contributed by atoms with Crippen LogP contribution in [0.15, 0.2) is 30.3 Å². The van der Waals surface area contributed by atoms with E-state index in [4.69, 9.17) is 0 Å². The van der Waals surface area contributed by atoms with Gasteiger partial charge in [-0.2, -0.15) is 0 Å². The molecular formula is C14H20N2O2. The first-order chi connectivity index (χ1) is 8.59. The molecule has 4 nitrogen and oxygen atoms in total. The zero-order chi connectivity index (χ0) is 13.4. The van der Waals surface area contributed by atoms with Gasteiger partial charge in [-0.25, -0.2) is 0 Å². The molecule has 1 rings (SSSR count). The van der Waals surface area contributed by atoms with Gasteiger partial charge in [-0.15, -0.1) is 0 Å². The fourth-order valence-electron chi connectivity index (χ4n) is 1.67. The molecular weight excluding hydrogens is 228 g/mol. The van der Waals surface area contributed by atoms with Crippen molar-refractivity contribution in [3.8, 4) is 0 Å². The number of hydrogen-bond acceptors (Lipinski definition) is 2. The molecule has 0 bridgehead atoms. The molecule has 2 N–H and O–H groups in total. The van der Waals surface area contributed by atoms with E-state index in [2.05, 4.69) is 22.8 Å². The molecule has 0 spiro atoms. The van der Waals surface area contributed by atoms with Gasteiger partial charge in [0.25, 0.3) is 0 Å². The molecule has 0 radical (unpaired) electrons. The lowest BCUT2D eigenvalue weighted by Gasteiger charge is -2.12. The third kappa shape index (κ3) is 5.48. The van der Waals surface area contributed by atoms with E-state index in [1.807, 2.05) is 18.2 Å². The van der Waals surface area contributed by atoms with Crippen molar-refractivity contribution in [2.24, 2.45) is 0 Å².